The molecule has 0 aliphatic rings. The monoisotopic (exact) mass is 281 g/mol. The largest absolute Gasteiger partial charge is 0.478 e. The van der Waals surface area contributed by atoms with E-state index in [0.29, 0.717) is 11.3 Å². The minimum atomic E-state index is -3.74. The number of imidazole rings is 1. The molecule has 3 N–H and O–H groups in total. The topological polar surface area (TPSA) is 112 Å². The standard InChI is InChI=1S/C11H11N3O4S/c1-7-4-8(11(15)16)2-3-9(7)14-19(17,18)10-5-12-6-13-10/h2-6,14H,1H3,(H,12,13)(H,15,16). The van der Waals surface area contributed by atoms with Crippen molar-refractivity contribution in [2.45, 2.75) is 11.9 Å². The molecule has 0 radical (unpaired) electrons. The van der Waals surface area contributed by atoms with Gasteiger partial charge in [-0.3, -0.25) is 4.72 Å². The number of benzene rings is 1. The molecule has 0 aliphatic heterocycles. The summed E-state index contributed by atoms with van der Waals surface area (Å²) >= 11 is 0. The minimum Gasteiger partial charge on any atom is -0.478 e. The van der Waals surface area contributed by atoms with E-state index in [1.165, 1.54) is 30.7 Å². The number of rotatable bonds is 4. The van der Waals surface area contributed by atoms with Crippen molar-refractivity contribution in [3.63, 3.8) is 0 Å². The van der Waals surface area contributed by atoms with E-state index < -0.39 is 16.0 Å². The first-order valence-electron chi connectivity index (χ1n) is 5.25. The Morgan fingerprint density at radius 3 is 2.68 bits per heavy atom. The average molecular weight is 281 g/mol. The molecule has 0 bridgehead atoms. The molecule has 0 amide bonds. The molecule has 0 aliphatic carbocycles. The normalized spacial score (nSPS) is 11.2. The fourth-order valence-corrected chi connectivity index (χ4v) is 2.54. The fourth-order valence-electron chi connectivity index (χ4n) is 1.50. The predicted molar refractivity (Wildman–Crippen MR) is 67.5 cm³/mol. The molecule has 1 aromatic carbocycles. The van der Waals surface area contributed by atoms with Gasteiger partial charge in [0.05, 0.1) is 23.8 Å². The van der Waals surface area contributed by atoms with Crippen LogP contribution in [-0.4, -0.2) is 29.5 Å². The van der Waals surface area contributed by atoms with E-state index in [1.54, 1.807) is 6.92 Å². The number of hydrogen-bond donors (Lipinski definition) is 3. The summed E-state index contributed by atoms with van der Waals surface area (Å²) in [5, 5.41) is 8.77. The van der Waals surface area contributed by atoms with Crippen molar-refractivity contribution in [2.75, 3.05) is 4.72 Å². The molecule has 19 heavy (non-hydrogen) atoms. The van der Waals surface area contributed by atoms with E-state index in [0.717, 1.165) is 0 Å². The summed E-state index contributed by atoms with van der Waals surface area (Å²) in [5.74, 6) is -1.06. The summed E-state index contributed by atoms with van der Waals surface area (Å²) in [7, 11) is -3.74. The number of aromatic carboxylic acids is 1. The predicted octanol–water partition coefficient (Wildman–Crippen LogP) is 1.22. The number of aromatic amines is 1. The zero-order valence-corrected chi connectivity index (χ0v) is 10.7. The van der Waals surface area contributed by atoms with Gasteiger partial charge in [0.1, 0.15) is 0 Å². The number of carboxylic acid groups (broad SMARTS) is 1. The summed E-state index contributed by atoms with van der Waals surface area (Å²) in [6.07, 6.45) is 2.44. The Morgan fingerprint density at radius 2 is 2.16 bits per heavy atom. The Hall–Kier alpha value is -2.35. The van der Waals surface area contributed by atoms with Gasteiger partial charge < -0.3 is 10.1 Å². The first-order valence-corrected chi connectivity index (χ1v) is 6.73. The van der Waals surface area contributed by atoms with Crippen LogP contribution < -0.4 is 4.72 Å². The van der Waals surface area contributed by atoms with Crippen molar-refractivity contribution >= 4 is 21.7 Å². The number of aryl methyl sites for hydroxylation is 1. The zero-order valence-electron chi connectivity index (χ0n) is 9.91. The van der Waals surface area contributed by atoms with Crippen LogP contribution in [0.25, 0.3) is 0 Å². The van der Waals surface area contributed by atoms with E-state index in [-0.39, 0.29) is 10.6 Å². The Morgan fingerprint density at radius 1 is 1.42 bits per heavy atom. The quantitative estimate of drug-likeness (QED) is 0.780. The highest BCUT2D eigenvalue weighted by atomic mass is 32.2. The summed E-state index contributed by atoms with van der Waals surface area (Å²) in [4.78, 5) is 16.9. The molecule has 0 fully saturated rings. The number of carbonyl (C=O) groups is 1. The molecule has 7 nitrogen and oxygen atoms in total. The number of sulfonamides is 1. The first-order chi connectivity index (χ1) is 8.90. The van der Waals surface area contributed by atoms with E-state index in [4.69, 9.17) is 5.11 Å². The molecule has 2 aromatic rings. The van der Waals surface area contributed by atoms with Crippen LogP contribution in [0.4, 0.5) is 5.69 Å². The lowest BCUT2D eigenvalue weighted by Gasteiger charge is -2.09. The summed E-state index contributed by atoms with van der Waals surface area (Å²) < 4.78 is 26.2. The molecular weight excluding hydrogens is 270 g/mol. The van der Waals surface area contributed by atoms with Gasteiger partial charge in [-0.05, 0) is 30.7 Å². The van der Waals surface area contributed by atoms with Gasteiger partial charge in [-0.2, -0.15) is 8.42 Å². The molecule has 1 heterocycles. The number of anilines is 1. The van der Waals surface area contributed by atoms with Crippen LogP contribution in [0.1, 0.15) is 15.9 Å². The maximum absolute atomic E-state index is 11.9. The Balaban J connectivity index is 2.32. The van der Waals surface area contributed by atoms with Gasteiger partial charge in [-0.25, -0.2) is 9.78 Å². The lowest BCUT2D eigenvalue weighted by atomic mass is 10.1. The highest BCUT2D eigenvalue weighted by molar-refractivity contribution is 7.92. The van der Waals surface area contributed by atoms with Gasteiger partial charge >= 0.3 is 5.97 Å². The maximum Gasteiger partial charge on any atom is 0.335 e. The number of nitrogens with zero attached hydrogens (tertiary/aromatic N) is 1. The minimum absolute atomic E-state index is 0.0609. The lowest BCUT2D eigenvalue weighted by molar-refractivity contribution is 0.0697. The molecule has 0 unspecified atom stereocenters. The second-order valence-corrected chi connectivity index (χ2v) is 5.51. The van der Waals surface area contributed by atoms with Crippen LogP contribution in [-0.2, 0) is 10.0 Å². The van der Waals surface area contributed by atoms with Crippen LogP contribution in [0, 0.1) is 6.92 Å². The van der Waals surface area contributed by atoms with Gasteiger partial charge in [0, 0.05) is 0 Å². The molecular formula is C11H11N3O4S. The molecule has 2 rings (SSSR count). The smallest absolute Gasteiger partial charge is 0.335 e. The molecule has 100 valence electrons. The van der Waals surface area contributed by atoms with Crippen LogP contribution in [0.15, 0.2) is 35.7 Å². The number of carboxylic acids is 1. The third kappa shape index (κ3) is 2.74. The molecule has 8 heteroatoms. The summed E-state index contributed by atoms with van der Waals surface area (Å²) in [6, 6.07) is 4.14. The van der Waals surface area contributed by atoms with Gasteiger partial charge in [-0.15, -0.1) is 0 Å². The zero-order chi connectivity index (χ0) is 14.0. The maximum atomic E-state index is 11.9. The van der Waals surface area contributed by atoms with Crippen molar-refractivity contribution in [1.82, 2.24) is 9.97 Å². The molecule has 0 atom stereocenters. The Bertz CT molecular complexity index is 708. The fraction of sp³-hybridized carbons (Fsp3) is 0.0909. The third-order valence-corrected chi connectivity index (χ3v) is 3.77. The number of hydrogen-bond acceptors (Lipinski definition) is 4. The van der Waals surface area contributed by atoms with Crippen molar-refractivity contribution in [3.8, 4) is 0 Å². The summed E-state index contributed by atoms with van der Waals surface area (Å²) in [5.41, 5.74) is 0.935. The van der Waals surface area contributed by atoms with Crippen molar-refractivity contribution in [2.24, 2.45) is 0 Å². The van der Waals surface area contributed by atoms with Crippen LogP contribution in [0.5, 0.6) is 0 Å². The molecule has 0 saturated heterocycles. The molecule has 0 spiro atoms. The van der Waals surface area contributed by atoms with E-state index in [1.807, 2.05) is 0 Å². The number of aromatic nitrogens is 2. The third-order valence-electron chi connectivity index (χ3n) is 2.48. The average Bonchev–Trinajstić information content (AvgIpc) is 2.85. The van der Waals surface area contributed by atoms with E-state index in [2.05, 4.69) is 14.7 Å². The lowest BCUT2D eigenvalue weighted by Crippen LogP contribution is -2.14. The first kappa shape index (κ1) is 13.1. The highest BCUT2D eigenvalue weighted by Crippen LogP contribution is 2.20. The Kier molecular flexibility index (Phi) is 3.26. The molecule has 0 saturated carbocycles. The van der Waals surface area contributed by atoms with E-state index in [9.17, 15) is 13.2 Å². The van der Waals surface area contributed by atoms with Crippen LogP contribution in [0.2, 0.25) is 0 Å². The van der Waals surface area contributed by atoms with Crippen LogP contribution >= 0.6 is 0 Å². The van der Waals surface area contributed by atoms with Gasteiger partial charge in [-0.1, -0.05) is 0 Å². The van der Waals surface area contributed by atoms with E-state index >= 15 is 0 Å². The summed E-state index contributed by atoms with van der Waals surface area (Å²) in [6.45, 7) is 1.62. The van der Waals surface area contributed by atoms with Crippen molar-refractivity contribution < 1.29 is 18.3 Å². The highest BCUT2D eigenvalue weighted by Gasteiger charge is 2.17. The second-order valence-electron chi connectivity index (χ2n) is 3.86. The van der Waals surface area contributed by atoms with Crippen molar-refractivity contribution in [1.29, 1.82) is 0 Å². The number of H-pyrrole nitrogens is 1. The van der Waals surface area contributed by atoms with Gasteiger partial charge in [0.25, 0.3) is 10.0 Å². The van der Waals surface area contributed by atoms with Crippen molar-refractivity contribution in [3.05, 3.63) is 41.9 Å². The van der Waals surface area contributed by atoms with Gasteiger partial charge in [0.15, 0.2) is 5.03 Å². The van der Waals surface area contributed by atoms with Gasteiger partial charge in [0.2, 0.25) is 0 Å². The van der Waals surface area contributed by atoms with Crippen LogP contribution in [0.3, 0.4) is 0 Å². The second kappa shape index (κ2) is 4.73. The number of nitrogens with one attached hydrogen (secondary N) is 2. The SMILES string of the molecule is Cc1cc(C(=O)O)ccc1NS(=O)(=O)c1cnc[nH]1. The Labute approximate surface area is 109 Å². The molecule has 1 aromatic heterocycles.